The summed E-state index contributed by atoms with van der Waals surface area (Å²) in [5, 5.41) is 10.1. The van der Waals surface area contributed by atoms with Crippen molar-refractivity contribution in [2.24, 2.45) is 0 Å². The second-order valence-electron chi connectivity index (χ2n) is 5.23. The van der Waals surface area contributed by atoms with Gasteiger partial charge in [0.1, 0.15) is 4.83 Å². The van der Waals surface area contributed by atoms with E-state index in [9.17, 15) is 9.59 Å². The molecule has 0 atom stereocenters. The second kappa shape index (κ2) is 6.55. The van der Waals surface area contributed by atoms with Gasteiger partial charge in [0.15, 0.2) is 0 Å². The molecule has 0 saturated heterocycles. The normalized spacial score (nSPS) is 11.1. The fourth-order valence-corrected chi connectivity index (χ4v) is 3.81. The van der Waals surface area contributed by atoms with E-state index in [0.717, 1.165) is 16.0 Å². The van der Waals surface area contributed by atoms with Gasteiger partial charge in [0.25, 0.3) is 5.56 Å². The van der Waals surface area contributed by atoms with E-state index in [4.69, 9.17) is 28.3 Å². The smallest absolute Gasteiger partial charge is 0.305 e. The molecule has 0 bridgehead atoms. The van der Waals surface area contributed by atoms with Crippen LogP contribution in [0.5, 0.6) is 0 Å². The fourth-order valence-electron chi connectivity index (χ4n) is 2.51. The van der Waals surface area contributed by atoms with Gasteiger partial charge in [-0.25, -0.2) is 4.98 Å². The molecule has 1 N–H and O–H groups in total. The topological polar surface area (TPSA) is 72.2 Å². The first kappa shape index (κ1) is 17.0. The average molecular weight is 383 g/mol. The Morgan fingerprint density at radius 3 is 2.75 bits per heavy atom. The molecule has 3 rings (SSSR count). The first-order valence-electron chi connectivity index (χ1n) is 7.04. The molecule has 0 spiro atoms. The van der Waals surface area contributed by atoms with E-state index in [2.05, 4.69) is 4.98 Å². The number of thiophene rings is 1. The molecule has 5 nitrogen and oxygen atoms in total. The van der Waals surface area contributed by atoms with Crippen LogP contribution in [0.15, 0.2) is 29.3 Å². The van der Waals surface area contributed by atoms with Gasteiger partial charge in [0, 0.05) is 17.0 Å². The van der Waals surface area contributed by atoms with Crippen LogP contribution in [-0.2, 0) is 11.3 Å². The van der Waals surface area contributed by atoms with E-state index < -0.39 is 5.97 Å². The van der Waals surface area contributed by atoms with Crippen molar-refractivity contribution >= 4 is 50.7 Å². The standard InChI is InChI=1S/C16H12Cl2N2O3S/c1-8-13(9-2-3-10(17)11(18)6-9)14-15(24-8)19-7-20(16(14)23)5-4-12(21)22/h2-3,6-7H,4-5H2,1H3,(H,21,22). The van der Waals surface area contributed by atoms with Crippen molar-refractivity contribution in [3.8, 4) is 11.1 Å². The van der Waals surface area contributed by atoms with Crippen LogP contribution >= 0.6 is 34.5 Å². The number of benzene rings is 1. The van der Waals surface area contributed by atoms with Gasteiger partial charge in [0.2, 0.25) is 0 Å². The molecule has 3 aromatic rings. The number of fused-ring (bicyclic) bond motifs is 1. The second-order valence-corrected chi connectivity index (χ2v) is 7.25. The zero-order valence-corrected chi connectivity index (χ0v) is 14.9. The quantitative estimate of drug-likeness (QED) is 0.733. The van der Waals surface area contributed by atoms with Crippen molar-refractivity contribution in [3.63, 3.8) is 0 Å². The Labute approximate surface area is 151 Å². The van der Waals surface area contributed by atoms with Crippen LogP contribution < -0.4 is 5.56 Å². The Hall–Kier alpha value is -1.89. The SMILES string of the molecule is Cc1sc2ncn(CCC(=O)O)c(=O)c2c1-c1ccc(Cl)c(Cl)c1. The summed E-state index contributed by atoms with van der Waals surface area (Å²) in [6.07, 6.45) is 1.25. The van der Waals surface area contributed by atoms with Crippen LogP contribution in [0.3, 0.4) is 0 Å². The number of nitrogens with zero attached hydrogens (tertiary/aromatic N) is 2. The van der Waals surface area contributed by atoms with Crippen LogP contribution in [-0.4, -0.2) is 20.6 Å². The van der Waals surface area contributed by atoms with Gasteiger partial charge >= 0.3 is 5.97 Å². The van der Waals surface area contributed by atoms with Crippen molar-refractivity contribution in [3.05, 3.63) is 49.8 Å². The monoisotopic (exact) mass is 382 g/mol. The number of aryl methyl sites for hydroxylation is 2. The van der Waals surface area contributed by atoms with E-state index >= 15 is 0 Å². The molecule has 0 saturated carbocycles. The third-order valence-electron chi connectivity index (χ3n) is 3.63. The van der Waals surface area contributed by atoms with E-state index in [1.807, 2.05) is 6.92 Å². The number of carbonyl (C=O) groups is 1. The number of carboxylic acids is 1. The first-order chi connectivity index (χ1) is 11.4. The van der Waals surface area contributed by atoms with Gasteiger partial charge in [-0.05, 0) is 24.6 Å². The Balaban J connectivity index is 2.22. The zero-order chi connectivity index (χ0) is 17.4. The van der Waals surface area contributed by atoms with Crippen LogP contribution in [0.1, 0.15) is 11.3 Å². The number of aromatic nitrogens is 2. The van der Waals surface area contributed by atoms with E-state index in [1.165, 1.54) is 22.2 Å². The third-order valence-corrected chi connectivity index (χ3v) is 5.38. The summed E-state index contributed by atoms with van der Waals surface area (Å²) in [6, 6.07) is 5.20. The van der Waals surface area contributed by atoms with E-state index in [-0.39, 0.29) is 18.5 Å². The van der Waals surface area contributed by atoms with Gasteiger partial charge in [-0.15, -0.1) is 11.3 Å². The highest BCUT2D eigenvalue weighted by atomic mass is 35.5. The minimum atomic E-state index is -0.965. The molecule has 0 aliphatic rings. The zero-order valence-electron chi connectivity index (χ0n) is 12.5. The largest absolute Gasteiger partial charge is 0.481 e. The number of aliphatic carboxylic acids is 1. The number of halogens is 2. The number of hydrogen-bond donors (Lipinski definition) is 1. The third kappa shape index (κ3) is 3.05. The number of carboxylic acid groups (broad SMARTS) is 1. The number of hydrogen-bond acceptors (Lipinski definition) is 4. The first-order valence-corrected chi connectivity index (χ1v) is 8.61. The van der Waals surface area contributed by atoms with Crippen molar-refractivity contribution < 1.29 is 9.90 Å². The van der Waals surface area contributed by atoms with Crippen molar-refractivity contribution in [1.29, 1.82) is 0 Å². The van der Waals surface area contributed by atoms with E-state index in [0.29, 0.717) is 20.3 Å². The molecule has 0 aliphatic heterocycles. The maximum atomic E-state index is 12.8. The molecule has 2 aromatic heterocycles. The summed E-state index contributed by atoms with van der Waals surface area (Å²) >= 11 is 13.5. The van der Waals surface area contributed by atoms with E-state index in [1.54, 1.807) is 18.2 Å². The summed E-state index contributed by atoms with van der Waals surface area (Å²) in [5.74, 6) is -0.965. The van der Waals surface area contributed by atoms with Crippen LogP contribution in [0.2, 0.25) is 10.0 Å². The highest BCUT2D eigenvalue weighted by Gasteiger charge is 2.17. The molecular formula is C16H12Cl2N2O3S. The molecule has 0 aliphatic carbocycles. The molecule has 0 radical (unpaired) electrons. The van der Waals surface area contributed by atoms with Gasteiger partial charge in [-0.2, -0.15) is 0 Å². The fraction of sp³-hybridized carbons (Fsp3) is 0.188. The van der Waals surface area contributed by atoms with Gasteiger partial charge in [0.05, 0.1) is 28.2 Å². The molecule has 24 heavy (non-hydrogen) atoms. The lowest BCUT2D eigenvalue weighted by atomic mass is 10.0. The lowest BCUT2D eigenvalue weighted by Crippen LogP contribution is -2.21. The molecule has 0 unspecified atom stereocenters. The highest BCUT2D eigenvalue weighted by Crippen LogP contribution is 2.37. The molecule has 124 valence electrons. The van der Waals surface area contributed by atoms with Crippen LogP contribution in [0, 0.1) is 6.92 Å². The summed E-state index contributed by atoms with van der Waals surface area (Å²) in [5.41, 5.74) is 1.28. The van der Waals surface area contributed by atoms with Crippen molar-refractivity contribution in [1.82, 2.24) is 9.55 Å². The van der Waals surface area contributed by atoms with Gasteiger partial charge in [-0.3, -0.25) is 14.2 Å². The maximum absolute atomic E-state index is 12.8. The molecular weight excluding hydrogens is 371 g/mol. The summed E-state index contributed by atoms with van der Waals surface area (Å²) in [7, 11) is 0. The Bertz CT molecular complexity index is 1010. The molecule has 2 heterocycles. The molecule has 0 fully saturated rings. The Morgan fingerprint density at radius 1 is 1.33 bits per heavy atom. The predicted molar refractivity (Wildman–Crippen MR) is 96.3 cm³/mol. The van der Waals surface area contributed by atoms with Crippen LogP contribution in [0.25, 0.3) is 21.3 Å². The summed E-state index contributed by atoms with van der Waals surface area (Å²) < 4.78 is 1.32. The number of rotatable bonds is 4. The van der Waals surface area contributed by atoms with Crippen LogP contribution in [0.4, 0.5) is 0 Å². The highest BCUT2D eigenvalue weighted by molar-refractivity contribution is 7.19. The minimum Gasteiger partial charge on any atom is -0.481 e. The predicted octanol–water partition coefficient (Wildman–Crippen LogP) is 4.21. The Morgan fingerprint density at radius 2 is 2.08 bits per heavy atom. The Kier molecular flexibility index (Phi) is 4.62. The summed E-state index contributed by atoms with van der Waals surface area (Å²) in [4.78, 5) is 29.4. The summed E-state index contributed by atoms with van der Waals surface area (Å²) in [6.45, 7) is 1.98. The van der Waals surface area contributed by atoms with Gasteiger partial charge < -0.3 is 5.11 Å². The molecule has 0 amide bonds. The lowest BCUT2D eigenvalue weighted by Gasteiger charge is -2.06. The average Bonchev–Trinajstić information content (AvgIpc) is 2.86. The van der Waals surface area contributed by atoms with Gasteiger partial charge in [-0.1, -0.05) is 29.3 Å². The lowest BCUT2D eigenvalue weighted by molar-refractivity contribution is -0.137. The maximum Gasteiger partial charge on any atom is 0.305 e. The minimum absolute atomic E-state index is 0.0762. The van der Waals surface area contributed by atoms with Crippen molar-refractivity contribution in [2.75, 3.05) is 0 Å². The molecule has 8 heteroatoms. The molecule has 1 aromatic carbocycles. The van der Waals surface area contributed by atoms with Crippen molar-refractivity contribution in [2.45, 2.75) is 19.9 Å².